The largest absolute Gasteiger partial charge is 0.383 e. The van der Waals surface area contributed by atoms with Crippen LogP contribution in [0.15, 0.2) is 24.3 Å². The molecule has 19 heavy (non-hydrogen) atoms. The molecule has 3 heteroatoms. The molecule has 1 saturated heterocycles. The van der Waals surface area contributed by atoms with Crippen LogP contribution in [0.25, 0.3) is 0 Å². The number of rotatable bonds is 5. The third-order valence-corrected chi connectivity index (χ3v) is 4.03. The quantitative estimate of drug-likeness (QED) is 0.877. The van der Waals surface area contributed by atoms with Crippen LogP contribution in [-0.4, -0.2) is 18.5 Å². The molecule has 2 aliphatic rings. The average molecular weight is 258 g/mol. The number of carbonyl (C=O) groups excluding carboxylic acids is 1. The lowest BCUT2D eigenvalue weighted by Crippen LogP contribution is -2.24. The Hall–Kier alpha value is -1.51. The molecule has 0 radical (unpaired) electrons. The molecule has 0 aromatic heterocycles. The lowest BCUT2D eigenvalue weighted by atomic mass is 10.1. The van der Waals surface area contributed by atoms with E-state index >= 15 is 0 Å². The average Bonchev–Trinajstić information content (AvgIpc) is 3.08. The zero-order valence-electron chi connectivity index (χ0n) is 11.6. The van der Waals surface area contributed by atoms with Crippen LogP contribution in [0.1, 0.15) is 39.0 Å². The monoisotopic (exact) mass is 258 g/mol. The Morgan fingerprint density at radius 2 is 2.26 bits per heavy atom. The van der Waals surface area contributed by atoms with Gasteiger partial charge in [-0.1, -0.05) is 18.9 Å². The van der Waals surface area contributed by atoms with Gasteiger partial charge in [0.25, 0.3) is 0 Å². The van der Waals surface area contributed by atoms with Crippen molar-refractivity contribution < 1.29 is 4.79 Å². The van der Waals surface area contributed by atoms with Crippen molar-refractivity contribution in [2.45, 2.75) is 45.1 Å². The first-order valence-corrected chi connectivity index (χ1v) is 7.39. The maximum atomic E-state index is 11.8. The molecule has 1 saturated carbocycles. The third kappa shape index (κ3) is 3.09. The van der Waals surface area contributed by atoms with Crippen molar-refractivity contribution in [3.05, 3.63) is 24.3 Å². The number of anilines is 2. The lowest BCUT2D eigenvalue weighted by Gasteiger charge is -2.19. The summed E-state index contributed by atoms with van der Waals surface area (Å²) in [7, 11) is 0. The minimum Gasteiger partial charge on any atom is -0.383 e. The summed E-state index contributed by atoms with van der Waals surface area (Å²) in [6.07, 6.45) is 5.72. The van der Waals surface area contributed by atoms with Gasteiger partial charge in [-0.2, -0.15) is 0 Å². The van der Waals surface area contributed by atoms with E-state index in [0.29, 0.717) is 12.5 Å². The van der Waals surface area contributed by atoms with Gasteiger partial charge in [0, 0.05) is 30.4 Å². The van der Waals surface area contributed by atoms with E-state index in [1.54, 1.807) is 0 Å². The summed E-state index contributed by atoms with van der Waals surface area (Å²) in [6.45, 7) is 3.10. The Labute approximate surface area is 115 Å². The number of hydrogen-bond donors (Lipinski definition) is 1. The lowest BCUT2D eigenvalue weighted by molar-refractivity contribution is -0.117. The van der Waals surface area contributed by atoms with E-state index < -0.39 is 0 Å². The van der Waals surface area contributed by atoms with E-state index in [1.165, 1.54) is 19.3 Å². The molecule has 3 rings (SSSR count). The van der Waals surface area contributed by atoms with Gasteiger partial charge in [0.05, 0.1) is 0 Å². The molecule has 1 atom stereocenters. The molecule has 1 amide bonds. The van der Waals surface area contributed by atoms with Gasteiger partial charge in [0.2, 0.25) is 5.91 Å². The Balaban J connectivity index is 1.66. The summed E-state index contributed by atoms with van der Waals surface area (Å²) in [5, 5.41) is 3.55. The smallest absolute Gasteiger partial charge is 0.227 e. The number of nitrogens with one attached hydrogen (secondary N) is 1. The Kier molecular flexibility index (Phi) is 3.45. The molecule has 102 valence electrons. The van der Waals surface area contributed by atoms with E-state index in [4.69, 9.17) is 0 Å². The van der Waals surface area contributed by atoms with Crippen LogP contribution in [0.3, 0.4) is 0 Å². The first-order valence-electron chi connectivity index (χ1n) is 7.39. The number of hydrogen-bond acceptors (Lipinski definition) is 2. The van der Waals surface area contributed by atoms with Crippen LogP contribution in [0.4, 0.5) is 11.4 Å². The number of carbonyl (C=O) groups is 1. The second-order valence-electron chi connectivity index (χ2n) is 5.92. The van der Waals surface area contributed by atoms with Gasteiger partial charge in [-0.3, -0.25) is 4.79 Å². The highest BCUT2D eigenvalue weighted by molar-refractivity contribution is 5.95. The van der Waals surface area contributed by atoms with Crippen LogP contribution in [0.5, 0.6) is 0 Å². The standard InChI is InChI=1S/C16H22N2O/c1-12(10-13-7-8-13)17-14-4-2-5-15(11-14)18-9-3-6-16(18)19/h2,4-5,11-13,17H,3,6-10H2,1H3. The van der Waals surface area contributed by atoms with Gasteiger partial charge in [0.15, 0.2) is 0 Å². The molecule has 1 aromatic rings. The minimum atomic E-state index is 0.253. The summed E-state index contributed by atoms with van der Waals surface area (Å²) in [5.74, 6) is 1.19. The normalized spacial score (nSPS) is 20.7. The zero-order valence-corrected chi connectivity index (χ0v) is 11.6. The van der Waals surface area contributed by atoms with Crippen molar-refractivity contribution >= 4 is 17.3 Å². The fraction of sp³-hybridized carbons (Fsp3) is 0.562. The molecule has 0 spiro atoms. The Morgan fingerprint density at radius 1 is 1.42 bits per heavy atom. The van der Waals surface area contributed by atoms with E-state index in [-0.39, 0.29) is 5.91 Å². The van der Waals surface area contributed by atoms with E-state index in [1.807, 2.05) is 17.0 Å². The Morgan fingerprint density at radius 3 is 2.95 bits per heavy atom. The predicted molar refractivity (Wildman–Crippen MR) is 78.5 cm³/mol. The van der Waals surface area contributed by atoms with Gasteiger partial charge in [-0.25, -0.2) is 0 Å². The van der Waals surface area contributed by atoms with Crippen molar-refractivity contribution in [2.24, 2.45) is 5.92 Å². The molecular formula is C16H22N2O. The first kappa shape index (κ1) is 12.5. The van der Waals surface area contributed by atoms with Crippen LogP contribution in [0.2, 0.25) is 0 Å². The molecule has 0 bridgehead atoms. The fourth-order valence-electron chi connectivity index (χ4n) is 2.88. The number of amides is 1. The molecule has 2 fully saturated rings. The van der Waals surface area contributed by atoms with Crippen LogP contribution in [0, 0.1) is 5.92 Å². The third-order valence-electron chi connectivity index (χ3n) is 4.03. The maximum Gasteiger partial charge on any atom is 0.227 e. The summed E-state index contributed by atoms with van der Waals surface area (Å²) in [4.78, 5) is 13.7. The van der Waals surface area contributed by atoms with Gasteiger partial charge in [-0.15, -0.1) is 0 Å². The van der Waals surface area contributed by atoms with E-state index in [0.717, 1.165) is 30.3 Å². The second-order valence-corrected chi connectivity index (χ2v) is 5.92. The van der Waals surface area contributed by atoms with Crippen LogP contribution in [-0.2, 0) is 4.79 Å². The predicted octanol–water partition coefficient (Wildman–Crippen LogP) is 3.41. The van der Waals surface area contributed by atoms with Crippen molar-refractivity contribution in [2.75, 3.05) is 16.8 Å². The SMILES string of the molecule is CC(CC1CC1)Nc1cccc(N2CCCC2=O)c1. The molecule has 1 N–H and O–H groups in total. The highest BCUT2D eigenvalue weighted by Crippen LogP contribution is 2.34. The number of benzene rings is 1. The van der Waals surface area contributed by atoms with Gasteiger partial charge >= 0.3 is 0 Å². The highest BCUT2D eigenvalue weighted by Gasteiger charge is 2.24. The Bertz CT molecular complexity index is 468. The molecule has 1 aliphatic carbocycles. The van der Waals surface area contributed by atoms with Crippen molar-refractivity contribution in [3.63, 3.8) is 0 Å². The second kappa shape index (κ2) is 5.24. The highest BCUT2D eigenvalue weighted by atomic mass is 16.2. The van der Waals surface area contributed by atoms with Crippen molar-refractivity contribution in [1.82, 2.24) is 0 Å². The minimum absolute atomic E-state index is 0.253. The van der Waals surface area contributed by atoms with Gasteiger partial charge in [0.1, 0.15) is 0 Å². The maximum absolute atomic E-state index is 11.8. The molecular weight excluding hydrogens is 236 g/mol. The van der Waals surface area contributed by atoms with Crippen LogP contribution < -0.4 is 10.2 Å². The summed E-state index contributed by atoms with van der Waals surface area (Å²) in [6, 6.07) is 8.77. The summed E-state index contributed by atoms with van der Waals surface area (Å²) < 4.78 is 0. The van der Waals surface area contributed by atoms with Gasteiger partial charge < -0.3 is 10.2 Å². The van der Waals surface area contributed by atoms with Crippen molar-refractivity contribution in [3.8, 4) is 0 Å². The molecule has 1 unspecified atom stereocenters. The number of nitrogens with zero attached hydrogens (tertiary/aromatic N) is 1. The topological polar surface area (TPSA) is 32.3 Å². The van der Waals surface area contributed by atoms with Gasteiger partial charge in [-0.05, 0) is 43.9 Å². The zero-order chi connectivity index (χ0) is 13.2. The van der Waals surface area contributed by atoms with E-state index in [2.05, 4.69) is 24.4 Å². The molecule has 1 aliphatic heterocycles. The molecule has 1 aromatic carbocycles. The first-order chi connectivity index (χ1) is 9.22. The summed E-state index contributed by atoms with van der Waals surface area (Å²) >= 11 is 0. The summed E-state index contributed by atoms with van der Waals surface area (Å²) in [5.41, 5.74) is 2.16. The fourth-order valence-corrected chi connectivity index (χ4v) is 2.88. The van der Waals surface area contributed by atoms with Crippen molar-refractivity contribution in [1.29, 1.82) is 0 Å². The van der Waals surface area contributed by atoms with E-state index in [9.17, 15) is 4.79 Å². The molecule has 1 heterocycles. The molecule has 3 nitrogen and oxygen atoms in total. The van der Waals surface area contributed by atoms with Crippen LogP contribution >= 0.6 is 0 Å².